The average molecular weight is 269 g/mol. The number of hydrogen-bond donors (Lipinski definition) is 1. The number of anilines is 1. The van der Waals surface area contributed by atoms with Crippen LogP contribution in [0.15, 0.2) is 18.2 Å². The highest BCUT2D eigenvalue weighted by molar-refractivity contribution is 5.55. The zero-order chi connectivity index (χ0) is 14.0. The van der Waals surface area contributed by atoms with Crippen LogP contribution in [0.5, 0.6) is 0 Å². The number of alkyl halides is 3. The molecular weight excluding hydrogens is 255 g/mol. The molecule has 3 nitrogen and oxygen atoms in total. The van der Waals surface area contributed by atoms with Crippen molar-refractivity contribution >= 4 is 5.69 Å². The van der Waals surface area contributed by atoms with Crippen molar-refractivity contribution in [2.24, 2.45) is 11.7 Å². The third-order valence-electron chi connectivity index (χ3n) is 3.41. The van der Waals surface area contributed by atoms with E-state index in [0.717, 1.165) is 25.6 Å². The fourth-order valence-electron chi connectivity index (χ4n) is 2.33. The molecule has 1 heterocycles. The van der Waals surface area contributed by atoms with Crippen molar-refractivity contribution in [2.45, 2.75) is 12.6 Å². The molecule has 1 aliphatic heterocycles. The second-order valence-electron chi connectivity index (χ2n) is 4.68. The summed E-state index contributed by atoms with van der Waals surface area (Å²) < 4.78 is 38.0. The second-order valence-corrected chi connectivity index (χ2v) is 4.68. The van der Waals surface area contributed by atoms with Crippen molar-refractivity contribution in [1.82, 2.24) is 0 Å². The van der Waals surface area contributed by atoms with Gasteiger partial charge in [0.15, 0.2) is 0 Å². The molecule has 1 fully saturated rings. The summed E-state index contributed by atoms with van der Waals surface area (Å²) in [6, 6.07) is 5.32. The summed E-state index contributed by atoms with van der Waals surface area (Å²) in [5, 5.41) is 8.86. The number of benzene rings is 1. The minimum absolute atomic E-state index is 0.332. The fourth-order valence-corrected chi connectivity index (χ4v) is 2.33. The normalized spacial score (nSPS) is 19.5. The molecule has 102 valence electrons. The van der Waals surface area contributed by atoms with Crippen molar-refractivity contribution in [1.29, 1.82) is 5.26 Å². The minimum atomic E-state index is -4.49. The van der Waals surface area contributed by atoms with Crippen LogP contribution in [0.4, 0.5) is 18.9 Å². The standard InChI is InChI=1S/C13H14F3N3/c14-13(15,16)12-2-1-11(5-10(12)7-18)19-4-3-9(6-17)8-19/h1-2,5,9H,3-4,6,8,17H2. The Hall–Kier alpha value is -1.74. The Morgan fingerprint density at radius 1 is 1.42 bits per heavy atom. The van der Waals surface area contributed by atoms with Crippen molar-refractivity contribution < 1.29 is 13.2 Å². The van der Waals surface area contributed by atoms with Crippen LogP contribution in [0, 0.1) is 17.2 Å². The van der Waals surface area contributed by atoms with Gasteiger partial charge >= 0.3 is 6.18 Å². The van der Waals surface area contributed by atoms with Crippen LogP contribution in [-0.4, -0.2) is 19.6 Å². The fraction of sp³-hybridized carbons (Fsp3) is 0.462. The molecule has 0 aromatic heterocycles. The van der Waals surface area contributed by atoms with E-state index in [0.29, 0.717) is 18.2 Å². The Kier molecular flexibility index (Phi) is 3.67. The summed E-state index contributed by atoms with van der Waals surface area (Å²) in [4.78, 5) is 1.97. The third kappa shape index (κ3) is 2.82. The molecule has 0 radical (unpaired) electrons. The van der Waals surface area contributed by atoms with Gasteiger partial charge in [-0.05, 0) is 37.1 Å². The van der Waals surface area contributed by atoms with Crippen LogP contribution < -0.4 is 10.6 Å². The molecule has 1 aliphatic rings. The molecule has 1 unspecified atom stereocenters. The number of nitriles is 1. The summed E-state index contributed by atoms with van der Waals surface area (Å²) in [6.07, 6.45) is -3.56. The monoisotopic (exact) mass is 269 g/mol. The summed E-state index contributed by atoms with van der Waals surface area (Å²) >= 11 is 0. The molecule has 1 saturated heterocycles. The lowest BCUT2D eigenvalue weighted by atomic mass is 10.1. The van der Waals surface area contributed by atoms with Crippen molar-refractivity contribution in [3.05, 3.63) is 29.3 Å². The molecule has 2 N–H and O–H groups in total. The van der Waals surface area contributed by atoms with E-state index in [-0.39, 0.29) is 5.56 Å². The van der Waals surface area contributed by atoms with E-state index in [2.05, 4.69) is 0 Å². The Bertz CT molecular complexity index is 505. The van der Waals surface area contributed by atoms with Crippen LogP contribution in [0.3, 0.4) is 0 Å². The van der Waals surface area contributed by atoms with Gasteiger partial charge in [0.1, 0.15) is 0 Å². The molecule has 0 amide bonds. The van der Waals surface area contributed by atoms with Crippen LogP contribution in [0.25, 0.3) is 0 Å². The Morgan fingerprint density at radius 3 is 2.68 bits per heavy atom. The molecule has 1 atom stereocenters. The van der Waals surface area contributed by atoms with E-state index >= 15 is 0 Å². The molecule has 2 rings (SSSR count). The van der Waals surface area contributed by atoms with E-state index in [1.54, 1.807) is 6.07 Å². The van der Waals surface area contributed by atoms with Gasteiger partial charge in [0.05, 0.1) is 17.2 Å². The summed E-state index contributed by atoms with van der Waals surface area (Å²) in [5.74, 6) is 0.368. The van der Waals surface area contributed by atoms with Gasteiger partial charge in [0.25, 0.3) is 0 Å². The Balaban J connectivity index is 2.28. The van der Waals surface area contributed by atoms with Gasteiger partial charge in [-0.2, -0.15) is 18.4 Å². The molecule has 19 heavy (non-hydrogen) atoms. The maximum absolute atomic E-state index is 12.7. The smallest absolute Gasteiger partial charge is 0.371 e. The molecule has 1 aromatic rings. The van der Waals surface area contributed by atoms with Crippen LogP contribution in [-0.2, 0) is 6.18 Å². The van der Waals surface area contributed by atoms with Gasteiger partial charge in [-0.25, -0.2) is 0 Å². The highest BCUT2D eigenvalue weighted by Crippen LogP contribution is 2.34. The molecule has 0 bridgehead atoms. The number of halogens is 3. The van der Waals surface area contributed by atoms with Gasteiger partial charge in [-0.3, -0.25) is 0 Å². The topological polar surface area (TPSA) is 53.0 Å². The minimum Gasteiger partial charge on any atom is -0.371 e. The molecule has 0 saturated carbocycles. The number of nitrogens with two attached hydrogens (primary N) is 1. The van der Waals surface area contributed by atoms with Crippen LogP contribution in [0.2, 0.25) is 0 Å². The molecular formula is C13H14F3N3. The highest BCUT2D eigenvalue weighted by Gasteiger charge is 2.34. The number of nitrogens with zero attached hydrogens (tertiary/aromatic N) is 2. The summed E-state index contributed by atoms with van der Waals surface area (Å²) in [5.41, 5.74) is 5.02. The SMILES string of the molecule is N#Cc1cc(N2CCC(CN)C2)ccc1C(F)(F)F. The molecule has 0 spiro atoms. The quantitative estimate of drug-likeness (QED) is 0.896. The second kappa shape index (κ2) is 5.10. The van der Waals surface area contributed by atoms with Gasteiger partial charge < -0.3 is 10.6 Å². The van der Waals surface area contributed by atoms with Gasteiger partial charge in [0, 0.05) is 18.8 Å². The molecule has 0 aliphatic carbocycles. The molecule has 6 heteroatoms. The Morgan fingerprint density at radius 2 is 2.16 bits per heavy atom. The predicted octanol–water partition coefficient (Wildman–Crippen LogP) is 2.36. The zero-order valence-corrected chi connectivity index (χ0v) is 10.2. The largest absolute Gasteiger partial charge is 0.417 e. The van der Waals surface area contributed by atoms with Crippen molar-refractivity contribution in [2.75, 3.05) is 24.5 Å². The maximum atomic E-state index is 12.7. The zero-order valence-electron chi connectivity index (χ0n) is 10.2. The first-order valence-corrected chi connectivity index (χ1v) is 6.02. The summed E-state index contributed by atoms with van der Waals surface area (Å²) in [6.45, 7) is 2.06. The van der Waals surface area contributed by atoms with Crippen molar-refractivity contribution in [3.63, 3.8) is 0 Å². The van der Waals surface area contributed by atoms with Gasteiger partial charge in [-0.15, -0.1) is 0 Å². The third-order valence-corrected chi connectivity index (χ3v) is 3.41. The van der Waals surface area contributed by atoms with Crippen LogP contribution >= 0.6 is 0 Å². The maximum Gasteiger partial charge on any atom is 0.417 e. The van der Waals surface area contributed by atoms with Gasteiger partial charge in [0.2, 0.25) is 0 Å². The average Bonchev–Trinajstić information content (AvgIpc) is 2.85. The first-order valence-electron chi connectivity index (χ1n) is 6.02. The lowest BCUT2D eigenvalue weighted by Crippen LogP contribution is -2.23. The lowest BCUT2D eigenvalue weighted by molar-refractivity contribution is -0.137. The van der Waals surface area contributed by atoms with Crippen LogP contribution in [0.1, 0.15) is 17.5 Å². The van der Waals surface area contributed by atoms with E-state index < -0.39 is 11.7 Å². The number of rotatable bonds is 2. The first kappa shape index (κ1) is 13.7. The van der Waals surface area contributed by atoms with Gasteiger partial charge in [-0.1, -0.05) is 0 Å². The lowest BCUT2D eigenvalue weighted by Gasteiger charge is -2.20. The first-order chi connectivity index (χ1) is 8.95. The Labute approximate surface area is 109 Å². The van der Waals surface area contributed by atoms with E-state index in [9.17, 15) is 13.2 Å². The van der Waals surface area contributed by atoms with E-state index in [1.807, 2.05) is 4.90 Å². The van der Waals surface area contributed by atoms with E-state index in [1.165, 1.54) is 12.1 Å². The molecule has 1 aromatic carbocycles. The summed E-state index contributed by atoms with van der Waals surface area (Å²) in [7, 11) is 0. The van der Waals surface area contributed by atoms with Crippen molar-refractivity contribution in [3.8, 4) is 6.07 Å². The predicted molar refractivity (Wildman–Crippen MR) is 65.5 cm³/mol. The highest BCUT2D eigenvalue weighted by atomic mass is 19.4. The number of hydrogen-bond acceptors (Lipinski definition) is 3. The van der Waals surface area contributed by atoms with E-state index in [4.69, 9.17) is 11.0 Å².